The number of hydrogen-bond acceptors (Lipinski definition) is 3. The van der Waals surface area contributed by atoms with Crippen LogP contribution in [-0.2, 0) is 10.9 Å². The van der Waals surface area contributed by atoms with Gasteiger partial charge in [-0.1, -0.05) is 12.1 Å². The predicted molar refractivity (Wildman–Crippen MR) is 74.8 cm³/mol. The van der Waals surface area contributed by atoms with Crippen molar-refractivity contribution in [2.45, 2.75) is 31.7 Å². The van der Waals surface area contributed by atoms with Crippen molar-refractivity contribution in [3.05, 3.63) is 35.4 Å². The molecule has 1 aromatic rings. The number of nitrogens with two attached hydrogens (primary N) is 1. The lowest BCUT2D eigenvalue weighted by molar-refractivity contribution is -0.137. The monoisotopic (exact) mass is 302 g/mol. The summed E-state index contributed by atoms with van der Waals surface area (Å²) in [7, 11) is 0. The molecular formula is C15H21F3N2O. The molecular weight excluding hydrogens is 281 g/mol. The Morgan fingerprint density at radius 2 is 1.90 bits per heavy atom. The standard InChI is InChI=1S/C15H21F3N2O/c1-14(2)10-20(7-8-21-14)9-13(19)11-3-5-12(6-4-11)15(16,17)18/h3-6,13H,7-10,19H2,1-2H3. The van der Waals surface area contributed by atoms with E-state index < -0.39 is 11.7 Å². The Morgan fingerprint density at radius 1 is 1.29 bits per heavy atom. The molecule has 3 nitrogen and oxygen atoms in total. The van der Waals surface area contributed by atoms with E-state index in [1.165, 1.54) is 12.1 Å². The zero-order chi connectivity index (χ0) is 15.7. The van der Waals surface area contributed by atoms with Crippen molar-refractivity contribution >= 4 is 0 Å². The summed E-state index contributed by atoms with van der Waals surface area (Å²) in [5.74, 6) is 0. The van der Waals surface area contributed by atoms with Crippen LogP contribution in [0.3, 0.4) is 0 Å². The molecule has 1 fully saturated rings. The van der Waals surface area contributed by atoms with Crippen LogP contribution in [0.5, 0.6) is 0 Å². The van der Waals surface area contributed by atoms with Gasteiger partial charge in [-0.15, -0.1) is 0 Å². The van der Waals surface area contributed by atoms with E-state index >= 15 is 0 Å². The number of nitrogens with zero attached hydrogens (tertiary/aromatic N) is 1. The first-order valence-corrected chi connectivity index (χ1v) is 6.96. The molecule has 0 amide bonds. The van der Waals surface area contributed by atoms with Gasteiger partial charge in [0, 0.05) is 25.7 Å². The van der Waals surface area contributed by atoms with Crippen molar-refractivity contribution in [1.29, 1.82) is 0 Å². The number of rotatable bonds is 3. The summed E-state index contributed by atoms with van der Waals surface area (Å²) in [6.07, 6.45) is -4.31. The second-order valence-corrected chi connectivity index (χ2v) is 6.07. The predicted octanol–water partition coefficient (Wildman–Crippen LogP) is 2.82. The van der Waals surface area contributed by atoms with E-state index in [-0.39, 0.29) is 11.6 Å². The van der Waals surface area contributed by atoms with Crippen LogP contribution in [0.4, 0.5) is 13.2 Å². The molecule has 21 heavy (non-hydrogen) atoms. The third-order valence-corrected chi connectivity index (χ3v) is 3.63. The number of benzene rings is 1. The minimum absolute atomic E-state index is 0.210. The first kappa shape index (κ1) is 16.3. The van der Waals surface area contributed by atoms with Crippen LogP contribution in [0.1, 0.15) is 31.0 Å². The lowest BCUT2D eigenvalue weighted by Crippen LogP contribution is -2.50. The molecule has 2 rings (SSSR count). The van der Waals surface area contributed by atoms with E-state index in [0.29, 0.717) is 18.7 Å². The van der Waals surface area contributed by atoms with E-state index in [9.17, 15) is 13.2 Å². The van der Waals surface area contributed by atoms with Gasteiger partial charge in [0.25, 0.3) is 0 Å². The van der Waals surface area contributed by atoms with Gasteiger partial charge in [0.1, 0.15) is 0 Å². The summed E-state index contributed by atoms with van der Waals surface area (Å²) in [4.78, 5) is 2.19. The highest BCUT2D eigenvalue weighted by Crippen LogP contribution is 2.30. The van der Waals surface area contributed by atoms with Crippen molar-refractivity contribution in [1.82, 2.24) is 4.90 Å². The summed E-state index contributed by atoms with van der Waals surface area (Å²) in [5, 5.41) is 0. The van der Waals surface area contributed by atoms with E-state index in [1.807, 2.05) is 13.8 Å². The lowest BCUT2D eigenvalue weighted by Gasteiger charge is -2.39. The van der Waals surface area contributed by atoms with Crippen LogP contribution in [0.25, 0.3) is 0 Å². The third kappa shape index (κ3) is 4.43. The largest absolute Gasteiger partial charge is 0.416 e. The van der Waals surface area contributed by atoms with Crippen LogP contribution in [-0.4, -0.2) is 36.7 Å². The zero-order valence-corrected chi connectivity index (χ0v) is 12.3. The lowest BCUT2D eigenvalue weighted by atomic mass is 10.0. The normalized spacial score (nSPS) is 21.2. The van der Waals surface area contributed by atoms with E-state index in [0.717, 1.165) is 25.2 Å². The summed E-state index contributed by atoms with van der Waals surface area (Å²) in [5.41, 5.74) is 5.97. The van der Waals surface area contributed by atoms with E-state index in [2.05, 4.69) is 4.90 Å². The highest BCUT2D eigenvalue weighted by molar-refractivity contribution is 5.26. The quantitative estimate of drug-likeness (QED) is 0.933. The first-order valence-electron chi connectivity index (χ1n) is 6.96. The van der Waals surface area contributed by atoms with E-state index in [1.54, 1.807) is 0 Å². The molecule has 1 unspecified atom stereocenters. The zero-order valence-electron chi connectivity index (χ0n) is 12.3. The van der Waals surface area contributed by atoms with Crippen molar-refractivity contribution in [3.8, 4) is 0 Å². The van der Waals surface area contributed by atoms with Gasteiger partial charge in [0.15, 0.2) is 0 Å². The van der Waals surface area contributed by atoms with Crippen molar-refractivity contribution in [2.75, 3.05) is 26.2 Å². The van der Waals surface area contributed by atoms with Crippen molar-refractivity contribution in [3.63, 3.8) is 0 Å². The smallest absolute Gasteiger partial charge is 0.373 e. The highest BCUT2D eigenvalue weighted by Gasteiger charge is 2.31. The molecule has 0 bridgehead atoms. The average molecular weight is 302 g/mol. The number of hydrogen-bond donors (Lipinski definition) is 1. The highest BCUT2D eigenvalue weighted by atomic mass is 19.4. The molecule has 1 aliphatic rings. The number of morpholine rings is 1. The maximum absolute atomic E-state index is 12.5. The van der Waals surface area contributed by atoms with Gasteiger partial charge >= 0.3 is 6.18 Å². The number of alkyl halides is 3. The molecule has 118 valence electrons. The third-order valence-electron chi connectivity index (χ3n) is 3.63. The Hall–Kier alpha value is -1.11. The topological polar surface area (TPSA) is 38.5 Å². The fourth-order valence-corrected chi connectivity index (χ4v) is 2.57. The first-order chi connectivity index (χ1) is 9.67. The van der Waals surface area contributed by atoms with Gasteiger partial charge in [0.05, 0.1) is 17.8 Å². The van der Waals surface area contributed by atoms with Crippen LogP contribution in [0.2, 0.25) is 0 Å². The summed E-state index contributed by atoms with van der Waals surface area (Å²) >= 11 is 0. The molecule has 2 N–H and O–H groups in total. The molecule has 0 aliphatic carbocycles. The van der Waals surface area contributed by atoms with Crippen LogP contribution in [0.15, 0.2) is 24.3 Å². The fourth-order valence-electron chi connectivity index (χ4n) is 2.57. The molecule has 1 heterocycles. The van der Waals surface area contributed by atoms with Crippen molar-refractivity contribution in [2.24, 2.45) is 5.73 Å². The van der Waals surface area contributed by atoms with Gasteiger partial charge in [-0.05, 0) is 31.5 Å². The maximum atomic E-state index is 12.5. The Kier molecular flexibility index (Phi) is 4.60. The molecule has 1 atom stereocenters. The molecule has 0 spiro atoms. The minimum atomic E-state index is -4.31. The molecule has 0 saturated carbocycles. The summed E-state index contributed by atoms with van der Waals surface area (Å²) in [6.45, 7) is 6.84. The Balaban J connectivity index is 1.98. The van der Waals surface area contributed by atoms with Crippen LogP contribution in [0, 0.1) is 0 Å². The maximum Gasteiger partial charge on any atom is 0.416 e. The van der Waals surface area contributed by atoms with Crippen LogP contribution >= 0.6 is 0 Å². The Labute approximate surface area is 122 Å². The Morgan fingerprint density at radius 3 is 2.43 bits per heavy atom. The van der Waals surface area contributed by atoms with E-state index in [4.69, 9.17) is 10.5 Å². The molecule has 0 radical (unpaired) electrons. The Bertz CT molecular complexity index is 471. The van der Waals surface area contributed by atoms with Crippen LogP contribution < -0.4 is 5.73 Å². The second kappa shape index (κ2) is 5.94. The SMILES string of the molecule is CC1(C)CN(CC(N)c2ccc(C(F)(F)F)cc2)CCO1. The molecule has 6 heteroatoms. The molecule has 1 aliphatic heterocycles. The van der Waals surface area contributed by atoms with Gasteiger partial charge in [-0.2, -0.15) is 13.2 Å². The molecule has 1 saturated heterocycles. The van der Waals surface area contributed by atoms with Crippen molar-refractivity contribution < 1.29 is 17.9 Å². The molecule has 0 aromatic heterocycles. The fraction of sp³-hybridized carbons (Fsp3) is 0.600. The summed E-state index contributed by atoms with van der Waals surface area (Å²) < 4.78 is 43.2. The molecule has 1 aromatic carbocycles. The van der Waals surface area contributed by atoms with Gasteiger partial charge in [0.2, 0.25) is 0 Å². The minimum Gasteiger partial charge on any atom is -0.373 e. The average Bonchev–Trinajstić information content (AvgIpc) is 2.36. The van der Waals surface area contributed by atoms with Gasteiger partial charge < -0.3 is 10.5 Å². The number of halogens is 3. The van der Waals surface area contributed by atoms with Gasteiger partial charge in [-0.25, -0.2) is 0 Å². The number of ether oxygens (including phenoxy) is 1. The second-order valence-electron chi connectivity index (χ2n) is 6.07. The van der Waals surface area contributed by atoms with Gasteiger partial charge in [-0.3, -0.25) is 4.90 Å². The summed E-state index contributed by atoms with van der Waals surface area (Å²) in [6, 6.07) is 4.77.